The summed E-state index contributed by atoms with van der Waals surface area (Å²) >= 11 is 0. The number of rotatable bonds is 12. The van der Waals surface area contributed by atoms with Gasteiger partial charge in [-0.25, -0.2) is 0 Å². The number of carboxylic acid groups (broad SMARTS) is 1. The molecule has 0 amide bonds. The lowest BCUT2D eigenvalue weighted by Crippen LogP contribution is -2.14. The highest BCUT2D eigenvalue weighted by Gasteiger charge is 2.27. The highest BCUT2D eigenvalue weighted by molar-refractivity contribution is 5.95. The van der Waals surface area contributed by atoms with Gasteiger partial charge in [-0.2, -0.15) is 0 Å². The Labute approximate surface area is 145 Å². The van der Waals surface area contributed by atoms with Gasteiger partial charge in [-0.3, -0.25) is 9.59 Å². The predicted molar refractivity (Wildman–Crippen MR) is 95.7 cm³/mol. The van der Waals surface area contributed by atoms with Crippen molar-refractivity contribution >= 4 is 11.8 Å². The summed E-state index contributed by atoms with van der Waals surface area (Å²) in [6, 6.07) is 0. The fraction of sp³-hybridized carbons (Fsp3) is 0.600. The molecule has 0 saturated heterocycles. The average Bonchev–Trinajstić information content (AvgIpc) is 2.89. The molecule has 0 spiro atoms. The third-order valence-electron chi connectivity index (χ3n) is 4.29. The van der Waals surface area contributed by atoms with E-state index >= 15 is 0 Å². The Morgan fingerprint density at radius 2 is 2.08 bits per heavy atom. The molecule has 4 nitrogen and oxygen atoms in total. The van der Waals surface area contributed by atoms with Crippen LogP contribution in [0.3, 0.4) is 0 Å². The molecule has 24 heavy (non-hydrogen) atoms. The molecule has 3 atom stereocenters. The van der Waals surface area contributed by atoms with Crippen LogP contribution in [0, 0.1) is 11.8 Å². The first kappa shape index (κ1) is 20.4. The summed E-state index contributed by atoms with van der Waals surface area (Å²) in [5, 5.41) is 18.5. The monoisotopic (exact) mass is 334 g/mol. The van der Waals surface area contributed by atoms with E-state index in [-0.39, 0.29) is 24.0 Å². The minimum atomic E-state index is -0.777. The van der Waals surface area contributed by atoms with E-state index in [0.29, 0.717) is 12.8 Å². The molecular weight excluding hydrogens is 304 g/mol. The van der Waals surface area contributed by atoms with Crippen molar-refractivity contribution in [3.05, 3.63) is 36.5 Å². The van der Waals surface area contributed by atoms with E-state index in [9.17, 15) is 14.7 Å². The van der Waals surface area contributed by atoms with Crippen LogP contribution in [0.4, 0.5) is 0 Å². The Bertz CT molecular complexity index is 476. The SMILES string of the molecule is CCCCCC(O)C=C[C@H]1C=CC(=O)[C@@H]1CC=CCCCC(=O)O. The van der Waals surface area contributed by atoms with Crippen molar-refractivity contribution in [2.45, 2.75) is 64.4 Å². The second-order valence-electron chi connectivity index (χ2n) is 6.39. The van der Waals surface area contributed by atoms with Crippen molar-refractivity contribution in [2.24, 2.45) is 11.8 Å². The molecule has 0 fully saturated rings. The number of aliphatic hydroxyl groups is 1. The van der Waals surface area contributed by atoms with Gasteiger partial charge < -0.3 is 10.2 Å². The molecule has 0 aliphatic heterocycles. The van der Waals surface area contributed by atoms with Gasteiger partial charge in [0.15, 0.2) is 5.78 Å². The number of carbonyl (C=O) groups excluding carboxylic acids is 1. The zero-order valence-electron chi connectivity index (χ0n) is 14.6. The van der Waals surface area contributed by atoms with Gasteiger partial charge >= 0.3 is 5.97 Å². The molecule has 0 heterocycles. The second-order valence-corrected chi connectivity index (χ2v) is 6.39. The van der Waals surface area contributed by atoms with Gasteiger partial charge in [-0.1, -0.05) is 56.6 Å². The Kier molecular flexibility index (Phi) is 10.0. The Balaban J connectivity index is 2.38. The summed E-state index contributed by atoms with van der Waals surface area (Å²) in [5.74, 6) is -0.705. The van der Waals surface area contributed by atoms with Gasteiger partial charge in [0.1, 0.15) is 0 Å². The van der Waals surface area contributed by atoms with Crippen molar-refractivity contribution in [2.75, 3.05) is 0 Å². The average molecular weight is 334 g/mol. The van der Waals surface area contributed by atoms with Crippen LogP contribution >= 0.6 is 0 Å². The van der Waals surface area contributed by atoms with Gasteiger partial charge in [0.05, 0.1) is 6.10 Å². The largest absolute Gasteiger partial charge is 0.481 e. The third kappa shape index (κ3) is 8.25. The minimum Gasteiger partial charge on any atom is -0.481 e. The molecular formula is C20H30O4. The molecule has 0 aromatic heterocycles. The summed E-state index contributed by atoms with van der Waals surface area (Å²) in [6.45, 7) is 2.14. The number of hydrogen-bond donors (Lipinski definition) is 2. The summed E-state index contributed by atoms with van der Waals surface area (Å²) in [5.41, 5.74) is 0. The molecule has 0 aromatic carbocycles. The van der Waals surface area contributed by atoms with Crippen molar-refractivity contribution in [1.82, 2.24) is 0 Å². The maximum Gasteiger partial charge on any atom is 0.303 e. The number of hydrogen-bond acceptors (Lipinski definition) is 3. The first-order valence-electron chi connectivity index (χ1n) is 8.99. The van der Waals surface area contributed by atoms with Crippen LogP contribution in [0.15, 0.2) is 36.5 Å². The lowest BCUT2D eigenvalue weighted by molar-refractivity contribution is -0.137. The van der Waals surface area contributed by atoms with Gasteiger partial charge in [0.2, 0.25) is 0 Å². The molecule has 0 saturated carbocycles. The number of aliphatic carboxylic acids is 1. The topological polar surface area (TPSA) is 74.6 Å². The number of ketones is 1. The molecule has 0 aromatic rings. The molecule has 1 rings (SSSR count). The Morgan fingerprint density at radius 3 is 2.79 bits per heavy atom. The van der Waals surface area contributed by atoms with Gasteiger partial charge in [-0.15, -0.1) is 0 Å². The van der Waals surface area contributed by atoms with Gasteiger partial charge in [0.25, 0.3) is 0 Å². The lowest BCUT2D eigenvalue weighted by Gasteiger charge is -2.13. The van der Waals surface area contributed by atoms with Crippen molar-refractivity contribution in [3.8, 4) is 0 Å². The zero-order valence-corrected chi connectivity index (χ0v) is 14.6. The molecule has 1 unspecified atom stereocenters. The van der Waals surface area contributed by atoms with Crippen molar-refractivity contribution in [3.63, 3.8) is 0 Å². The smallest absolute Gasteiger partial charge is 0.303 e. The van der Waals surface area contributed by atoms with Crippen LogP contribution < -0.4 is 0 Å². The fourth-order valence-corrected chi connectivity index (χ4v) is 2.81. The van der Waals surface area contributed by atoms with Crippen LogP contribution in [-0.2, 0) is 9.59 Å². The highest BCUT2D eigenvalue weighted by atomic mass is 16.4. The molecule has 0 radical (unpaired) electrons. The van der Waals surface area contributed by atoms with Crippen molar-refractivity contribution < 1.29 is 19.8 Å². The van der Waals surface area contributed by atoms with Crippen LogP contribution in [-0.4, -0.2) is 28.1 Å². The Hall–Kier alpha value is -1.68. The number of carboxylic acids is 1. The predicted octanol–water partition coefficient (Wildman–Crippen LogP) is 4.06. The van der Waals surface area contributed by atoms with Gasteiger partial charge in [0, 0.05) is 18.3 Å². The Morgan fingerprint density at radius 1 is 1.29 bits per heavy atom. The maximum atomic E-state index is 12.0. The van der Waals surface area contributed by atoms with Crippen LogP contribution in [0.5, 0.6) is 0 Å². The lowest BCUT2D eigenvalue weighted by atomic mass is 9.90. The molecule has 0 bridgehead atoms. The number of aliphatic hydroxyl groups excluding tert-OH is 1. The van der Waals surface area contributed by atoms with E-state index in [4.69, 9.17) is 5.11 Å². The van der Waals surface area contributed by atoms with Crippen LogP contribution in [0.1, 0.15) is 58.3 Å². The van der Waals surface area contributed by atoms with Gasteiger partial charge in [-0.05, 0) is 31.8 Å². The van der Waals surface area contributed by atoms with E-state index < -0.39 is 12.1 Å². The molecule has 134 valence electrons. The quantitative estimate of drug-likeness (QED) is 0.417. The van der Waals surface area contributed by atoms with E-state index in [1.165, 1.54) is 0 Å². The highest BCUT2D eigenvalue weighted by Crippen LogP contribution is 2.27. The third-order valence-corrected chi connectivity index (χ3v) is 4.29. The number of unbranched alkanes of at least 4 members (excludes halogenated alkanes) is 3. The summed E-state index contributed by atoms with van der Waals surface area (Å²) in [6.07, 6.45) is 17.0. The first-order chi connectivity index (χ1) is 11.5. The van der Waals surface area contributed by atoms with E-state index in [2.05, 4.69) is 6.92 Å². The van der Waals surface area contributed by atoms with Crippen LogP contribution in [0.2, 0.25) is 0 Å². The number of carbonyl (C=O) groups is 2. The fourth-order valence-electron chi connectivity index (χ4n) is 2.81. The second kappa shape index (κ2) is 11.8. The van der Waals surface area contributed by atoms with E-state index in [1.54, 1.807) is 6.08 Å². The molecule has 2 N–H and O–H groups in total. The molecule has 4 heteroatoms. The number of allylic oxidation sites excluding steroid dienone is 5. The molecule has 1 aliphatic rings. The van der Waals surface area contributed by atoms with Crippen LogP contribution in [0.25, 0.3) is 0 Å². The normalized spacial score (nSPS) is 22.0. The summed E-state index contributed by atoms with van der Waals surface area (Å²) in [7, 11) is 0. The maximum absolute atomic E-state index is 12.0. The summed E-state index contributed by atoms with van der Waals surface area (Å²) < 4.78 is 0. The zero-order chi connectivity index (χ0) is 17.8. The minimum absolute atomic E-state index is 0.0435. The van der Waals surface area contributed by atoms with E-state index in [0.717, 1.165) is 32.1 Å². The van der Waals surface area contributed by atoms with E-state index in [1.807, 2.05) is 30.4 Å². The summed E-state index contributed by atoms with van der Waals surface area (Å²) in [4.78, 5) is 22.4. The standard InChI is InChI=1S/C20H30O4/c1-2-3-6-9-17(21)14-12-16-13-15-19(22)18(16)10-7-4-5-8-11-20(23)24/h4,7,12-18,21H,2-3,5-6,8-11H2,1H3,(H,23,24)/t16-,17?,18+/m0/s1. The first-order valence-corrected chi connectivity index (χ1v) is 8.99. The van der Waals surface area contributed by atoms with Crippen molar-refractivity contribution in [1.29, 1.82) is 0 Å². The molecule has 1 aliphatic carbocycles.